The lowest BCUT2D eigenvalue weighted by molar-refractivity contribution is -0.118. The summed E-state index contributed by atoms with van der Waals surface area (Å²) in [6.07, 6.45) is 0. The summed E-state index contributed by atoms with van der Waals surface area (Å²) in [7, 11) is 1.49. The average Bonchev–Trinajstić information content (AvgIpc) is 2.52. The van der Waals surface area contributed by atoms with E-state index in [-0.39, 0.29) is 23.8 Å². The number of nitrogens with one attached hydrogen (secondary N) is 1. The Morgan fingerprint density at radius 2 is 2.00 bits per heavy atom. The predicted molar refractivity (Wildman–Crippen MR) is 89.8 cm³/mol. The van der Waals surface area contributed by atoms with Crippen molar-refractivity contribution in [2.24, 2.45) is 5.73 Å². The van der Waals surface area contributed by atoms with Crippen molar-refractivity contribution in [3.63, 3.8) is 0 Å². The highest BCUT2D eigenvalue weighted by atomic mass is 79.9. The summed E-state index contributed by atoms with van der Waals surface area (Å²) in [4.78, 5) is 23.3. The number of primary amides is 1. The first-order valence-electron chi connectivity index (χ1n) is 6.65. The van der Waals surface area contributed by atoms with Crippen LogP contribution in [-0.4, -0.2) is 25.5 Å². The lowest BCUT2D eigenvalue weighted by Gasteiger charge is -2.11. The van der Waals surface area contributed by atoms with Crippen molar-refractivity contribution in [2.75, 3.05) is 19.0 Å². The van der Waals surface area contributed by atoms with Crippen LogP contribution in [0, 0.1) is 0 Å². The number of hydrogen-bond donors (Lipinski definition) is 2. The second kappa shape index (κ2) is 7.64. The van der Waals surface area contributed by atoms with Crippen molar-refractivity contribution < 1.29 is 19.1 Å². The van der Waals surface area contributed by atoms with Gasteiger partial charge in [0.15, 0.2) is 6.61 Å². The van der Waals surface area contributed by atoms with Gasteiger partial charge in [0.1, 0.15) is 11.5 Å². The zero-order chi connectivity index (χ0) is 16.8. The predicted octanol–water partition coefficient (Wildman–Crippen LogP) is 2.57. The molecule has 2 rings (SSSR count). The highest BCUT2D eigenvalue weighted by molar-refractivity contribution is 9.10. The number of carbonyl (C=O) groups excluding carboxylic acids is 2. The average molecular weight is 379 g/mol. The molecule has 23 heavy (non-hydrogen) atoms. The summed E-state index contributed by atoms with van der Waals surface area (Å²) in [5.74, 6) is -0.310. The first-order valence-corrected chi connectivity index (χ1v) is 7.45. The molecule has 0 spiro atoms. The van der Waals surface area contributed by atoms with E-state index in [1.807, 2.05) is 6.07 Å². The van der Waals surface area contributed by atoms with Crippen LogP contribution in [0.5, 0.6) is 11.5 Å². The number of methoxy groups -OCH3 is 1. The van der Waals surface area contributed by atoms with E-state index in [0.717, 1.165) is 4.47 Å². The maximum absolute atomic E-state index is 11.9. The molecule has 0 aliphatic heterocycles. The van der Waals surface area contributed by atoms with E-state index in [2.05, 4.69) is 21.2 Å². The van der Waals surface area contributed by atoms with Gasteiger partial charge in [-0.1, -0.05) is 22.0 Å². The Balaban J connectivity index is 2.05. The highest BCUT2D eigenvalue weighted by Gasteiger charge is 2.12. The molecule has 2 aromatic rings. The van der Waals surface area contributed by atoms with Crippen LogP contribution in [-0.2, 0) is 4.79 Å². The van der Waals surface area contributed by atoms with Crippen LogP contribution in [0.2, 0.25) is 0 Å². The molecule has 0 atom stereocenters. The number of nitrogens with two attached hydrogens (primary N) is 1. The van der Waals surface area contributed by atoms with Crippen LogP contribution in [0.4, 0.5) is 5.69 Å². The van der Waals surface area contributed by atoms with Gasteiger partial charge in [0, 0.05) is 16.2 Å². The van der Waals surface area contributed by atoms with Crippen LogP contribution in [0.1, 0.15) is 10.4 Å². The first-order chi connectivity index (χ1) is 11.0. The molecule has 3 N–H and O–H groups in total. The maximum Gasteiger partial charge on any atom is 0.262 e. The molecule has 0 radical (unpaired) electrons. The van der Waals surface area contributed by atoms with Gasteiger partial charge >= 0.3 is 0 Å². The van der Waals surface area contributed by atoms with E-state index in [9.17, 15) is 9.59 Å². The number of ether oxygens (including phenoxy) is 2. The molecule has 0 bridgehead atoms. The number of carbonyl (C=O) groups is 2. The van der Waals surface area contributed by atoms with E-state index in [1.54, 1.807) is 24.3 Å². The molecule has 6 nitrogen and oxygen atoms in total. The quantitative estimate of drug-likeness (QED) is 0.807. The summed E-state index contributed by atoms with van der Waals surface area (Å²) in [5.41, 5.74) is 6.10. The Morgan fingerprint density at radius 1 is 1.22 bits per heavy atom. The van der Waals surface area contributed by atoms with Crippen molar-refractivity contribution >= 4 is 33.4 Å². The van der Waals surface area contributed by atoms with Crippen LogP contribution >= 0.6 is 15.9 Å². The molecular weight excluding hydrogens is 364 g/mol. The molecule has 0 aromatic heterocycles. The highest BCUT2D eigenvalue weighted by Crippen LogP contribution is 2.24. The molecule has 0 heterocycles. The minimum absolute atomic E-state index is 0.182. The number of rotatable bonds is 6. The van der Waals surface area contributed by atoms with Gasteiger partial charge in [-0.2, -0.15) is 0 Å². The minimum atomic E-state index is -0.643. The third-order valence-electron chi connectivity index (χ3n) is 2.92. The third-order valence-corrected chi connectivity index (χ3v) is 3.41. The molecular formula is C16H15BrN2O4. The Bertz CT molecular complexity index is 734. The monoisotopic (exact) mass is 378 g/mol. The Hall–Kier alpha value is -2.54. The SMILES string of the molecule is COc1ccc(C(N)=O)c(OCC(=O)Nc2cccc(Br)c2)c1. The van der Waals surface area contributed by atoms with Crippen molar-refractivity contribution in [2.45, 2.75) is 0 Å². The van der Waals surface area contributed by atoms with E-state index in [0.29, 0.717) is 11.4 Å². The third kappa shape index (κ3) is 4.72. The lowest BCUT2D eigenvalue weighted by Crippen LogP contribution is -2.21. The molecule has 0 fully saturated rings. The Labute approximate surface area is 141 Å². The number of benzene rings is 2. The largest absolute Gasteiger partial charge is 0.497 e. The zero-order valence-electron chi connectivity index (χ0n) is 12.3. The van der Waals surface area contributed by atoms with E-state index < -0.39 is 5.91 Å². The van der Waals surface area contributed by atoms with Gasteiger partial charge in [0.25, 0.3) is 11.8 Å². The number of hydrogen-bond acceptors (Lipinski definition) is 4. The fraction of sp³-hybridized carbons (Fsp3) is 0.125. The van der Waals surface area contributed by atoms with Gasteiger partial charge < -0.3 is 20.5 Å². The summed E-state index contributed by atoms with van der Waals surface area (Å²) < 4.78 is 11.3. The van der Waals surface area contributed by atoms with Crippen molar-refractivity contribution in [3.8, 4) is 11.5 Å². The number of amides is 2. The van der Waals surface area contributed by atoms with Crippen LogP contribution < -0.4 is 20.5 Å². The molecule has 120 valence electrons. The van der Waals surface area contributed by atoms with Crippen LogP contribution in [0.15, 0.2) is 46.9 Å². The number of anilines is 1. The van der Waals surface area contributed by atoms with E-state index >= 15 is 0 Å². The van der Waals surface area contributed by atoms with Crippen molar-refractivity contribution in [1.82, 2.24) is 0 Å². The van der Waals surface area contributed by atoms with Gasteiger partial charge in [-0.05, 0) is 30.3 Å². The second-order valence-corrected chi connectivity index (χ2v) is 5.49. The topological polar surface area (TPSA) is 90.7 Å². The molecule has 0 aliphatic carbocycles. The minimum Gasteiger partial charge on any atom is -0.497 e. The van der Waals surface area contributed by atoms with E-state index in [4.69, 9.17) is 15.2 Å². The maximum atomic E-state index is 11.9. The van der Waals surface area contributed by atoms with Gasteiger partial charge in [0.2, 0.25) is 0 Å². The smallest absolute Gasteiger partial charge is 0.262 e. The fourth-order valence-corrected chi connectivity index (χ4v) is 2.26. The standard InChI is InChI=1S/C16H15BrN2O4/c1-22-12-5-6-13(16(18)21)14(8-12)23-9-15(20)19-11-4-2-3-10(17)7-11/h2-8H,9H2,1H3,(H2,18,21)(H,19,20). The molecule has 2 aromatic carbocycles. The molecule has 0 saturated heterocycles. The Morgan fingerprint density at radius 3 is 2.65 bits per heavy atom. The van der Waals surface area contributed by atoms with E-state index in [1.165, 1.54) is 19.2 Å². The lowest BCUT2D eigenvalue weighted by atomic mass is 10.2. The van der Waals surface area contributed by atoms with Crippen molar-refractivity contribution in [3.05, 3.63) is 52.5 Å². The van der Waals surface area contributed by atoms with Crippen LogP contribution in [0.25, 0.3) is 0 Å². The molecule has 7 heteroatoms. The van der Waals surface area contributed by atoms with Crippen LogP contribution in [0.3, 0.4) is 0 Å². The Kier molecular flexibility index (Phi) is 5.59. The fourth-order valence-electron chi connectivity index (χ4n) is 1.86. The van der Waals surface area contributed by atoms with Gasteiger partial charge in [-0.3, -0.25) is 9.59 Å². The zero-order valence-corrected chi connectivity index (χ0v) is 13.9. The van der Waals surface area contributed by atoms with Gasteiger partial charge in [-0.15, -0.1) is 0 Å². The molecule has 2 amide bonds. The van der Waals surface area contributed by atoms with Crippen molar-refractivity contribution in [1.29, 1.82) is 0 Å². The summed E-state index contributed by atoms with van der Waals surface area (Å²) >= 11 is 3.32. The second-order valence-electron chi connectivity index (χ2n) is 4.57. The molecule has 0 saturated carbocycles. The summed E-state index contributed by atoms with van der Waals surface area (Å²) in [5, 5.41) is 2.69. The molecule has 0 aliphatic rings. The normalized spacial score (nSPS) is 10.0. The molecule has 0 unspecified atom stereocenters. The first kappa shape index (κ1) is 16.8. The number of halogens is 1. The summed E-state index contributed by atoms with van der Waals surface area (Å²) in [6, 6.07) is 11.8. The summed E-state index contributed by atoms with van der Waals surface area (Å²) in [6.45, 7) is -0.264. The van der Waals surface area contributed by atoms with Gasteiger partial charge in [-0.25, -0.2) is 0 Å². The van der Waals surface area contributed by atoms with Gasteiger partial charge in [0.05, 0.1) is 12.7 Å².